The van der Waals surface area contributed by atoms with E-state index >= 15 is 0 Å². The maximum Gasteiger partial charge on any atom is 0.260 e. The number of ketones is 1. The number of ether oxygens (including phenoxy) is 1. The highest BCUT2D eigenvalue weighted by Crippen LogP contribution is 2.38. The van der Waals surface area contributed by atoms with Crippen LogP contribution in [-0.2, 0) is 4.79 Å². The molecule has 0 spiro atoms. The molecule has 2 aromatic heterocycles. The number of hydrogen-bond acceptors (Lipinski definition) is 7. The summed E-state index contributed by atoms with van der Waals surface area (Å²) < 4.78 is 8.20. The van der Waals surface area contributed by atoms with Crippen molar-refractivity contribution >= 4 is 60.4 Å². The van der Waals surface area contributed by atoms with Gasteiger partial charge in [0, 0.05) is 48.9 Å². The first-order valence-electron chi connectivity index (χ1n) is 10.5. The molecule has 1 amide bonds. The molecule has 164 valence electrons. The largest absolute Gasteiger partial charge is 0.483 e. The van der Waals surface area contributed by atoms with Gasteiger partial charge in [0.05, 0.1) is 19.9 Å². The first-order chi connectivity index (χ1) is 15.5. The first kappa shape index (κ1) is 20.9. The van der Waals surface area contributed by atoms with Crippen LogP contribution in [0.2, 0.25) is 0 Å². The summed E-state index contributed by atoms with van der Waals surface area (Å²) >= 11 is 3.30. The Morgan fingerprint density at radius 1 is 1.09 bits per heavy atom. The molecule has 3 heterocycles. The Hall–Kier alpha value is -2.97. The molecule has 1 aliphatic rings. The summed E-state index contributed by atoms with van der Waals surface area (Å²) in [5, 5.41) is 4.08. The smallest absolute Gasteiger partial charge is 0.260 e. The van der Waals surface area contributed by atoms with Crippen LogP contribution < -0.4 is 9.64 Å². The van der Waals surface area contributed by atoms with E-state index in [9.17, 15) is 9.59 Å². The normalized spacial score (nSPS) is 14.3. The topological polar surface area (TPSA) is 62.7 Å². The molecular formula is C24H23N3O3S2. The number of nitrogens with zero attached hydrogens (tertiary/aromatic N) is 3. The third kappa shape index (κ3) is 3.96. The van der Waals surface area contributed by atoms with Crippen molar-refractivity contribution in [3.05, 3.63) is 52.3 Å². The van der Waals surface area contributed by atoms with Crippen molar-refractivity contribution < 1.29 is 14.3 Å². The second-order valence-corrected chi connectivity index (χ2v) is 10.0. The maximum atomic E-state index is 12.8. The van der Waals surface area contributed by atoms with Crippen LogP contribution in [0.3, 0.4) is 0 Å². The van der Waals surface area contributed by atoms with Crippen LogP contribution in [0.25, 0.3) is 20.3 Å². The number of aromatic nitrogens is 1. The van der Waals surface area contributed by atoms with E-state index in [1.54, 1.807) is 29.6 Å². The Bertz CT molecular complexity index is 1300. The molecule has 4 aromatic rings. The Morgan fingerprint density at radius 2 is 1.84 bits per heavy atom. The molecule has 0 atom stereocenters. The Labute approximate surface area is 194 Å². The van der Waals surface area contributed by atoms with Crippen molar-refractivity contribution in [2.24, 2.45) is 0 Å². The molecule has 8 heteroatoms. The molecule has 32 heavy (non-hydrogen) atoms. The number of piperazine rings is 1. The van der Waals surface area contributed by atoms with Gasteiger partial charge >= 0.3 is 0 Å². The number of benzene rings is 2. The van der Waals surface area contributed by atoms with E-state index in [1.165, 1.54) is 0 Å². The van der Waals surface area contributed by atoms with Gasteiger partial charge in [-0.25, -0.2) is 4.98 Å². The molecule has 0 N–H and O–H groups in total. The number of thiophene rings is 1. The molecule has 0 unspecified atom stereocenters. The van der Waals surface area contributed by atoms with Crippen LogP contribution in [0.4, 0.5) is 5.69 Å². The molecule has 1 aliphatic heterocycles. The summed E-state index contributed by atoms with van der Waals surface area (Å²) in [5.74, 6) is 0.812. The lowest BCUT2D eigenvalue weighted by Gasteiger charge is -2.36. The van der Waals surface area contributed by atoms with Gasteiger partial charge in [-0.1, -0.05) is 0 Å². The van der Waals surface area contributed by atoms with Gasteiger partial charge in [0.15, 0.2) is 12.4 Å². The second-order valence-electron chi connectivity index (χ2n) is 7.88. The average Bonchev–Trinajstić information content (AvgIpc) is 3.43. The van der Waals surface area contributed by atoms with E-state index in [0.29, 0.717) is 18.7 Å². The van der Waals surface area contributed by atoms with Crippen molar-refractivity contribution in [1.82, 2.24) is 9.88 Å². The monoisotopic (exact) mass is 465 g/mol. The van der Waals surface area contributed by atoms with Crippen molar-refractivity contribution in [3.8, 4) is 5.75 Å². The molecule has 0 aliphatic carbocycles. The number of carbonyl (C=O) groups is 2. The molecule has 6 nitrogen and oxygen atoms in total. The summed E-state index contributed by atoms with van der Waals surface area (Å²) in [7, 11) is 0. The maximum absolute atomic E-state index is 12.8. The molecule has 1 saturated heterocycles. The summed E-state index contributed by atoms with van der Waals surface area (Å²) in [6.07, 6.45) is 0. The fraction of sp³-hybridized carbons (Fsp3) is 0.292. The number of aryl methyl sites for hydroxylation is 1. The Kier molecular flexibility index (Phi) is 5.57. The van der Waals surface area contributed by atoms with E-state index in [-0.39, 0.29) is 18.3 Å². The van der Waals surface area contributed by atoms with E-state index in [4.69, 9.17) is 4.74 Å². The minimum atomic E-state index is 0.000499. The third-order valence-electron chi connectivity index (χ3n) is 5.79. The van der Waals surface area contributed by atoms with Gasteiger partial charge in [-0.2, -0.15) is 0 Å². The van der Waals surface area contributed by atoms with Gasteiger partial charge in [-0.3, -0.25) is 9.59 Å². The second kappa shape index (κ2) is 8.52. The zero-order valence-electron chi connectivity index (χ0n) is 18.0. The SMILES string of the molecule is CC(=O)c1ccc(N2CCN(C(=O)COc3cc4sc(C)nc4c4sccc34)CC2)cc1. The predicted octanol–water partition coefficient (Wildman–Crippen LogP) is 4.75. The van der Waals surface area contributed by atoms with Crippen LogP contribution in [-0.4, -0.2) is 54.4 Å². The molecular weight excluding hydrogens is 442 g/mol. The number of hydrogen-bond donors (Lipinski definition) is 0. The molecule has 2 aromatic carbocycles. The number of fused-ring (bicyclic) bond motifs is 3. The Morgan fingerprint density at radius 3 is 2.56 bits per heavy atom. The molecule has 0 radical (unpaired) electrons. The van der Waals surface area contributed by atoms with Crippen LogP contribution >= 0.6 is 22.7 Å². The fourth-order valence-electron chi connectivity index (χ4n) is 4.06. The van der Waals surface area contributed by atoms with Gasteiger partial charge in [-0.05, 0) is 49.6 Å². The van der Waals surface area contributed by atoms with Gasteiger partial charge in [0.25, 0.3) is 5.91 Å². The van der Waals surface area contributed by atoms with Crippen LogP contribution in [0.15, 0.2) is 41.8 Å². The number of thiazole rings is 1. The quantitative estimate of drug-likeness (QED) is 0.398. The summed E-state index contributed by atoms with van der Waals surface area (Å²) in [6, 6.07) is 11.7. The predicted molar refractivity (Wildman–Crippen MR) is 130 cm³/mol. The van der Waals surface area contributed by atoms with Crippen molar-refractivity contribution in [2.45, 2.75) is 13.8 Å². The minimum Gasteiger partial charge on any atom is -0.483 e. The standard InChI is InChI=1S/C24H23N3O3S2/c1-15(28)17-3-5-18(6-4-17)26-8-10-27(11-9-26)22(29)14-30-20-13-21-23(25-16(2)32-21)24-19(20)7-12-31-24/h3-7,12-13H,8-11,14H2,1-2H3. The third-order valence-corrected chi connectivity index (χ3v) is 7.63. The van der Waals surface area contributed by atoms with E-state index in [2.05, 4.69) is 9.88 Å². The number of carbonyl (C=O) groups excluding carboxylic acids is 2. The molecule has 0 bridgehead atoms. The average molecular weight is 466 g/mol. The van der Waals surface area contributed by atoms with Crippen molar-refractivity contribution in [3.63, 3.8) is 0 Å². The zero-order chi connectivity index (χ0) is 22.2. The van der Waals surface area contributed by atoms with Crippen LogP contribution in [0.5, 0.6) is 5.75 Å². The van der Waals surface area contributed by atoms with Crippen molar-refractivity contribution in [1.29, 1.82) is 0 Å². The first-order valence-corrected chi connectivity index (χ1v) is 12.2. The lowest BCUT2D eigenvalue weighted by molar-refractivity contribution is -0.133. The molecule has 1 fully saturated rings. The van der Waals surface area contributed by atoms with Gasteiger partial charge in [0.1, 0.15) is 5.75 Å². The number of rotatable bonds is 5. The number of amides is 1. The lowest BCUT2D eigenvalue weighted by atomic mass is 10.1. The Balaban J connectivity index is 1.22. The fourth-order valence-corrected chi connectivity index (χ4v) is 5.89. The van der Waals surface area contributed by atoms with Gasteiger partial charge in [-0.15, -0.1) is 22.7 Å². The minimum absolute atomic E-state index is 0.000499. The zero-order valence-corrected chi connectivity index (χ0v) is 19.6. The summed E-state index contributed by atoms with van der Waals surface area (Å²) in [4.78, 5) is 33.0. The molecule has 5 rings (SSSR count). The summed E-state index contributed by atoms with van der Waals surface area (Å²) in [6.45, 7) is 6.42. The van der Waals surface area contributed by atoms with E-state index < -0.39 is 0 Å². The summed E-state index contributed by atoms with van der Waals surface area (Å²) in [5.41, 5.74) is 2.81. The van der Waals surface area contributed by atoms with Crippen molar-refractivity contribution in [2.75, 3.05) is 37.7 Å². The highest BCUT2D eigenvalue weighted by atomic mass is 32.1. The number of anilines is 1. The van der Waals surface area contributed by atoms with Crippen LogP contribution in [0.1, 0.15) is 22.3 Å². The van der Waals surface area contributed by atoms with Gasteiger partial charge < -0.3 is 14.5 Å². The van der Waals surface area contributed by atoms with Crippen LogP contribution in [0, 0.1) is 6.92 Å². The number of Topliss-reactive ketones (excluding diaryl/α,β-unsaturated/α-hetero) is 1. The highest BCUT2D eigenvalue weighted by molar-refractivity contribution is 7.21. The highest BCUT2D eigenvalue weighted by Gasteiger charge is 2.22. The van der Waals surface area contributed by atoms with E-state index in [0.717, 1.165) is 49.8 Å². The molecule has 0 saturated carbocycles. The van der Waals surface area contributed by atoms with E-state index in [1.807, 2.05) is 53.6 Å². The lowest BCUT2D eigenvalue weighted by Crippen LogP contribution is -2.50. The van der Waals surface area contributed by atoms with Gasteiger partial charge in [0.2, 0.25) is 0 Å².